The fourth-order valence-electron chi connectivity index (χ4n) is 8.55. The smallest absolute Gasteiger partial charge is 0.124 e. The zero-order valence-corrected chi connectivity index (χ0v) is 36.6. The Morgan fingerprint density at radius 1 is 0.429 bits per heavy atom. The van der Waals surface area contributed by atoms with Gasteiger partial charge in [0.25, 0.3) is 0 Å². The van der Waals surface area contributed by atoms with E-state index in [0.717, 1.165) is 49.7 Å². The summed E-state index contributed by atoms with van der Waals surface area (Å²) < 4.78 is 0. The van der Waals surface area contributed by atoms with Crippen LogP contribution in [0.2, 0.25) is 0 Å². The van der Waals surface area contributed by atoms with E-state index in [-0.39, 0.29) is 12.1 Å². The molecule has 316 valence electrons. The molecular weight excluding hydrogens is 685 g/mol. The summed E-state index contributed by atoms with van der Waals surface area (Å²) in [5, 5.41) is 21.6. The molecule has 2 N–H and O–H groups in total. The molecule has 56 heavy (non-hydrogen) atoms. The molecular formula is C52H86N2O2. The number of rotatable bonds is 34. The van der Waals surface area contributed by atoms with Crippen LogP contribution >= 0.6 is 0 Å². The number of phenols is 2. The van der Waals surface area contributed by atoms with Crippen molar-refractivity contribution in [2.24, 2.45) is 9.98 Å². The molecule has 2 atom stereocenters. The van der Waals surface area contributed by atoms with E-state index in [1.807, 2.05) is 36.7 Å². The van der Waals surface area contributed by atoms with Crippen LogP contribution in [0.25, 0.3) is 0 Å². The van der Waals surface area contributed by atoms with E-state index >= 15 is 0 Å². The summed E-state index contributed by atoms with van der Waals surface area (Å²) in [5.74, 6) is 0.651. The molecule has 2 aromatic rings. The molecule has 1 aliphatic carbocycles. The molecule has 0 unspecified atom stereocenters. The van der Waals surface area contributed by atoms with Crippen LogP contribution in [0, 0.1) is 0 Å². The molecule has 4 heteroatoms. The second kappa shape index (κ2) is 32.3. The maximum absolute atomic E-state index is 10.8. The maximum atomic E-state index is 10.8. The molecule has 2 aromatic carbocycles. The Hall–Kier alpha value is -2.62. The molecule has 0 spiro atoms. The Balaban J connectivity index is 1.29. The van der Waals surface area contributed by atoms with E-state index in [2.05, 4.69) is 26.0 Å². The molecule has 0 bridgehead atoms. The van der Waals surface area contributed by atoms with E-state index in [1.54, 1.807) is 0 Å². The van der Waals surface area contributed by atoms with Crippen molar-refractivity contribution in [1.82, 2.24) is 0 Å². The third-order valence-electron chi connectivity index (χ3n) is 12.3. The molecule has 0 heterocycles. The minimum Gasteiger partial charge on any atom is -0.507 e. The molecule has 0 aliphatic heterocycles. The van der Waals surface area contributed by atoms with Crippen molar-refractivity contribution in [1.29, 1.82) is 0 Å². The number of aliphatic imine (C=N–C) groups is 2. The van der Waals surface area contributed by atoms with Crippen molar-refractivity contribution in [2.45, 2.75) is 244 Å². The number of hydrogen-bond donors (Lipinski definition) is 2. The van der Waals surface area contributed by atoms with Crippen molar-refractivity contribution in [3.8, 4) is 11.5 Å². The van der Waals surface area contributed by atoms with Gasteiger partial charge in [0, 0.05) is 23.6 Å². The maximum Gasteiger partial charge on any atom is 0.124 e. The second-order valence-electron chi connectivity index (χ2n) is 17.5. The summed E-state index contributed by atoms with van der Waals surface area (Å²) in [6.45, 7) is 4.58. The van der Waals surface area contributed by atoms with E-state index in [0.29, 0.717) is 11.5 Å². The molecule has 1 saturated carbocycles. The number of hydrogen-bond acceptors (Lipinski definition) is 4. The number of benzene rings is 2. The monoisotopic (exact) mass is 771 g/mol. The minimum absolute atomic E-state index is 0.0939. The third-order valence-corrected chi connectivity index (χ3v) is 12.3. The van der Waals surface area contributed by atoms with Gasteiger partial charge in [-0.1, -0.05) is 206 Å². The lowest BCUT2D eigenvalue weighted by molar-refractivity contribution is 0.390. The highest BCUT2D eigenvalue weighted by atomic mass is 16.3. The van der Waals surface area contributed by atoms with Crippen LogP contribution < -0.4 is 0 Å². The first-order chi connectivity index (χ1) is 27.6. The average molecular weight is 771 g/mol. The highest BCUT2D eigenvalue weighted by Gasteiger charge is 2.23. The van der Waals surface area contributed by atoms with E-state index < -0.39 is 0 Å². The molecule has 1 fully saturated rings. The summed E-state index contributed by atoms with van der Waals surface area (Å²) in [6, 6.07) is 12.4. The van der Waals surface area contributed by atoms with Crippen LogP contribution in [0.3, 0.4) is 0 Å². The van der Waals surface area contributed by atoms with Crippen LogP contribution in [-0.4, -0.2) is 34.7 Å². The summed E-state index contributed by atoms with van der Waals surface area (Å²) in [4.78, 5) is 9.89. The predicted molar refractivity (Wildman–Crippen MR) is 245 cm³/mol. The fourth-order valence-corrected chi connectivity index (χ4v) is 8.55. The standard InChI is InChI=1S/C52H86N2O2/c1-3-5-7-9-11-13-15-17-19-21-23-25-27-29-33-45-37-39-47(51(55)41-45)43-53-49-35-31-32-36-50(49)54-44-48-40-38-46(42-52(48)56)34-30-28-26-24-22-20-18-16-14-12-10-8-6-4-2/h37-44,49-50,55-56H,3-36H2,1-2H3/t49-,50+. The van der Waals surface area contributed by atoms with Crippen molar-refractivity contribution in [3.05, 3.63) is 58.7 Å². The normalized spacial score (nSPS) is 16.1. The van der Waals surface area contributed by atoms with Gasteiger partial charge in [-0.25, -0.2) is 0 Å². The average Bonchev–Trinajstić information content (AvgIpc) is 3.20. The third kappa shape index (κ3) is 22.4. The van der Waals surface area contributed by atoms with Gasteiger partial charge in [0.05, 0.1) is 12.1 Å². The van der Waals surface area contributed by atoms with Crippen LogP contribution in [-0.2, 0) is 12.8 Å². The van der Waals surface area contributed by atoms with Gasteiger partial charge >= 0.3 is 0 Å². The summed E-state index contributed by atoms with van der Waals surface area (Å²) in [5.41, 5.74) is 4.00. The highest BCUT2D eigenvalue weighted by molar-refractivity contribution is 5.84. The minimum atomic E-state index is 0.0939. The molecule has 0 saturated heterocycles. The summed E-state index contributed by atoms with van der Waals surface area (Å²) in [7, 11) is 0. The van der Waals surface area contributed by atoms with Crippen molar-refractivity contribution < 1.29 is 10.2 Å². The van der Waals surface area contributed by atoms with Crippen LogP contribution in [0.1, 0.15) is 242 Å². The van der Waals surface area contributed by atoms with Gasteiger partial charge in [0.2, 0.25) is 0 Å². The van der Waals surface area contributed by atoms with Crippen LogP contribution in [0.15, 0.2) is 46.4 Å². The lowest BCUT2D eigenvalue weighted by Gasteiger charge is -2.25. The molecule has 3 rings (SSSR count). The van der Waals surface area contributed by atoms with Gasteiger partial charge in [-0.15, -0.1) is 0 Å². The lowest BCUT2D eigenvalue weighted by Crippen LogP contribution is -2.27. The van der Waals surface area contributed by atoms with E-state index in [1.165, 1.54) is 191 Å². The van der Waals surface area contributed by atoms with Crippen molar-refractivity contribution >= 4 is 12.4 Å². The first kappa shape index (κ1) is 47.8. The van der Waals surface area contributed by atoms with Crippen LogP contribution in [0.5, 0.6) is 11.5 Å². The molecule has 0 aromatic heterocycles. The largest absolute Gasteiger partial charge is 0.507 e. The Morgan fingerprint density at radius 3 is 1.00 bits per heavy atom. The number of unbranched alkanes of at least 4 members (excludes halogenated alkanes) is 26. The van der Waals surface area contributed by atoms with Gasteiger partial charge in [0.1, 0.15) is 11.5 Å². The lowest BCUT2D eigenvalue weighted by atomic mass is 9.91. The number of aryl methyl sites for hydroxylation is 2. The van der Waals surface area contributed by atoms with Gasteiger partial charge in [-0.2, -0.15) is 0 Å². The first-order valence-corrected chi connectivity index (χ1v) is 24.3. The number of nitrogens with zero attached hydrogens (tertiary/aromatic N) is 2. The second-order valence-corrected chi connectivity index (χ2v) is 17.5. The Morgan fingerprint density at radius 2 is 0.714 bits per heavy atom. The van der Waals surface area contributed by atoms with Gasteiger partial charge in [0.15, 0.2) is 0 Å². The van der Waals surface area contributed by atoms with Crippen molar-refractivity contribution in [2.75, 3.05) is 0 Å². The first-order valence-electron chi connectivity index (χ1n) is 24.3. The topological polar surface area (TPSA) is 65.2 Å². The molecule has 1 aliphatic rings. The van der Waals surface area contributed by atoms with E-state index in [9.17, 15) is 10.2 Å². The number of aromatic hydroxyl groups is 2. The predicted octanol–water partition coefficient (Wildman–Crippen LogP) is 16.0. The van der Waals surface area contributed by atoms with Crippen LogP contribution in [0.4, 0.5) is 0 Å². The zero-order valence-electron chi connectivity index (χ0n) is 36.6. The number of phenolic OH excluding ortho intramolecular Hbond substituents is 2. The SMILES string of the molecule is CCCCCCCCCCCCCCCCc1ccc(C=N[C@H]2CCCC[C@H]2N=Cc2ccc(CCCCCCCCCCCCCCCC)cc2O)c(O)c1. The Kier molecular flexibility index (Phi) is 27.6. The van der Waals surface area contributed by atoms with Gasteiger partial charge in [-0.3, -0.25) is 9.98 Å². The van der Waals surface area contributed by atoms with Gasteiger partial charge < -0.3 is 10.2 Å². The summed E-state index contributed by atoms with van der Waals surface area (Å²) >= 11 is 0. The summed E-state index contributed by atoms with van der Waals surface area (Å²) in [6.07, 6.45) is 48.5. The zero-order chi connectivity index (χ0) is 39.7. The highest BCUT2D eigenvalue weighted by Crippen LogP contribution is 2.27. The molecule has 0 radical (unpaired) electrons. The Labute approximate surface area is 345 Å². The Bertz CT molecular complexity index is 1200. The van der Waals surface area contributed by atoms with Crippen molar-refractivity contribution in [3.63, 3.8) is 0 Å². The van der Waals surface area contributed by atoms with Gasteiger partial charge in [-0.05, 0) is 73.9 Å². The molecule has 4 nitrogen and oxygen atoms in total. The fraction of sp³-hybridized carbons (Fsp3) is 0.731. The van der Waals surface area contributed by atoms with E-state index in [4.69, 9.17) is 9.98 Å². The quantitative estimate of drug-likeness (QED) is 0.0550. The molecule has 0 amide bonds.